The van der Waals surface area contributed by atoms with Gasteiger partial charge in [-0.25, -0.2) is 0 Å². The van der Waals surface area contributed by atoms with Crippen molar-refractivity contribution in [1.29, 1.82) is 0 Å². The Kier molecular flexibility index (Phi) is 3.52. The van der Waals surface area contributed by atoms with Gasteiger partial charge in [0.1, 0.15) is 0 Å². The predicted octanol–water partition coefficient (Wildman–Crippen LogP) is 1.79. The summed E-state index contributed by atoms with van der Waals surface area (Å²) in [5, 5.41) is 0. The Labute approximate surface area is 70.1 Å². The van der Waals surface area contributed by atoms with Crippen LogP contribution in [0.1, 0.15) is 34.6 Å². The van der Waals surface area contributed by atoms with Crippen LogP contribution in [0.25, 0.3) is 0 Å². The number of nitrogens with two attached hydrogens (primary N) is 1. The molecule has 0 amide bonds. The minimum atomic E-state index is -0.0492. The number of hydrogen-bond acceptors (Lipinski definition) is 2. The molecule has 2 heteroatoms. The topological polar surface area (TPSA) is 35.2 Å². The SMILES string of the molecule is CC(C)(CN)COC(C)(C)C. The predicted molar refractivity (Wildman–Crippen MR) is 48.5 cm³/mol. The maximum absolute atomic E-state index is 5.60. The molecule has 0 aliphatic rings. The summed E-state index contributed by atoms with van der Waals surface area (Å²) >= 11 is 0. The monoisotopic (exact) mass is 159 g/mol. The van der Waals surface area contributed by atoms with Gasteiger partial charge in [-0.1, -0.05) is 13.8 Å². The number of ether oxygens (including phenoxy) is 1. The molecule has 0 radical (unpaired) electrons. The molecule has 0 bridgehead atoms. The first-order chi connectivity index (χ1) is 4.77. The summed E-state index contributed by atoms with van der Waals surface area (Å²) in [4.78, 5) is 0. The van der Waals surface area contributed by atoms with Gasteiger partial charge < -0.3 is 10.5 Å². The third kappa shape index (κ3) is 6.32. The Morgan fingerprint density at radius 1 is 1.09 bits per heavy atom. The molecule has 0 aromatic heterocycles. The van der Waals surface area contributed by atoms with Gasteiger partial charge in [0.25, 0.3) is 0 Å². The second-order valence-corrected chi connectivity index (χ2v) is 4.77. The normalized spacial score (nSPS) is 13.6. The van der Waals surface area contributed by atoms with Crippen LogP contribution in [0.4, 0.5) is 0 Å². The van der Waals surface area contributed by atoms with Crippen molar-refractivity contribution in [1.82, 2.24) is 0 Å². The van der Waals surface area contributed by atoms with E-state index in [1.54, 1.807) is 0 Å². The quantitative estimate of drug-likeness (QED) is 0.681. The highest BCUT2D eigenvalue weighted by atomic mass is 16.5. The van der Waals surface area contributed by atoms with E-state index in [0.717, 1.165) is 6.61 Å². The van der Waals surface area contributed by atoms with Crippen molar-refractivity contribution in [2.45, 2.75) is 40.2 Å². The third-order valence-corrected chi connectivity index (χ3v) is 1.45. The van der Waals surface area contributed by atoms with Crippen molar-refractivity contribution >= 4 is 0 Å². The summed E-state index contributed by atoms with van der Waals surface area (Å²) in [5.74, 6) is 0. The van der Waals surface area contributed by atoms with E-state index in [2.05, 4.69) is 34.6 Å². The van der Waals surface area contributed by atoms with Gasteiger partial charge in [-0.15, -0.1) is 0 Å². The highest BCUT2D eigenvalue weighted by Crippen LogP contribution is 2.17. The lowest BCUT2D eigenvalue weighted by Crippen LogP contribution is -2.33. The lowest BCUT2D eigenvalue weighted by molar-refractivity contribution is -0.0404. The molecule has 2 nitrogen and oxygen atoms in total. The molecule has 0 aliphatic heterocycles. The standard InChI is InChI=1S/C9H21NO/c1-8(2,3)11-7-9(4,5)6-10/h6-7,10H2,1-5H3. The summed E-state index contributed by atoms with van der Waals surface area (Å²) in [6.07, 6.45) is 0. The van der Waals surface area contributed by atoms with Crippen molar-refractivity contribution in [2.24, 2.45) is 11.1 Å². The van der Waals surface area contributed by atoms with Crippen molar-refractivity contribution in [3.63, 3.8) is 0 Å². The molecule has 0 aromatic rings. The second-order valence-electron chi connectivity index (χ2n) is 4.77. The van der Waals surface area contributed by atoms with Crippen LogP contribution >= 0.6 is 0 Å². The van der Waals surface area contributed by atoms with Crippen LogP contribution in [0.3, 0.4) is 0 Å². The molecule has 0 saturated heterocycles. The van der Waals surface area contributed by atoms with Crippen LogP contribution in [0.15, 0.2) is 0 Å². The molecule has 0 aromatic carbocycles. The smallest absolute Gasteiger partial charge is 0.0598 e. The van der Waals surface area contributed by atoms with Gasteiger partial charge in [-0.2, -0.15) is 0 Å². The molecular weight excluding hydrogens is 138 g/mol. The Bertz CT molecular complexity index is 113. The molecule has 0 saturated carbocycles. The average Bonchev–Trinajstić information content (AvgIpc) is 1.83. The van der Waals surface area contributed by atoms with Gasteiger partial charge in [0.2, 0.25) is 0 Å². The zero-order valence-corrected chi connectivity index (χ0v) is 8.40. The van der Waals surface area contributed by atoms with E-state index in [0.29, 0.717) is 6.54 Å². The molecule has 2 N–H and O–H groups in total. The van der Waals surface area contributed by atoms with Crippen LogP contribution in [-0.4, -0.2) is 18.8 Å². The van der Waals surface area contributed by atoms with E-state index in [-0.39, 0.29) is 11.0 Å². The maximum atomic E-state index is 5.60. The molecule has 11 heavy (non-hydrogen) atoms. The molecule has 0 spiro atoms. The molecule has 0 heterocycles. The van der Waals surface area contributed by atoms with E-state index < -0.39 is 0 Å². The Morgan fingerprint density at radius 3 is 1.82 bits per heavy atom. The van der Waals surface area contributed by atoms with Crippen molar-refractivity contribution in [3.05, 3.63) is 0 Å². The van der Waals surface area contributed by atoms with E-state index in [9.17, 15) is 0 Å². The Hall–Kier alpha value is -0.0800. The molecular formula is C9H21NO. The van der Waals surface area contributed by atoms with Gasteiger partial charge in [0.15, 0.2) is 0 Å². The minimum Gasteiger partial charge on any atom is -0.375 e. The van der Waals surface area contributed by atoms with E-state index in [4.69, 9.17) is 10.5 Å². The zero-order valence-electron chi connectivity index (χ0n) is 8.40. The fourth-order valence-corrected chi connectivity index (χ4v) is 0.471. The van der Waals surface area contributed by atoms with Crippen molar-refractivity contribution < 1.29 is 4.74 Å². The van der Waals surface area contributed by atoms with Crippen molar-refractivity contribution in [3.8, 4) is 0 Å². The molecule has 68 valence electrons. The Balaban J connectivity index is 3.70. The molecule has 0 aliphatic carbocycles. The number of hydrogen-bond donors (Lipinski definition) is 1. The maximum Gasteiger partial charge on any atom is 0.0598 e. The van der Waals surface area contributed by atoms with E-state index >= 15 is 0 Å². The Morgan fingerprint density at radius 2 is 1.55 bits per heavy atom. The highest BCUT2D eigenvalue weighted by molar-refractivity contribution is 4.70. The average molecular weight is 159 g/mol. The van der Waals surface area contributed by atoms with Crippen LogP contribution in [0, 0.1) is 5.41 Å². The second kappa shape index (κ2) is 3.55. The first-order valence-corrected chi connectivity index (χ1v) is 4.11. The van der Waals surface area contributed by atoms with Gasteiger partial charge >= 0.3 is 0 Å². The molecule has 0 atom stereocenters. The lowest BCUT2D eigenvalue weighted by Gasteiger charge is -2.28. The first-order valence-electron chi connectivity index (χ1n) is 4.11. The fraction of sp³-hybridized carbons (Fsp3) is 1.00. The van der Waals surface area contributed by atoms with Crippen LogP contribution in [0.5, 0.6) is 0 Å². The van der Waals surface area contributed by atoms with Crippen LogP contribution in [-0.2, 0) is 4.74 Å². The van der Waals surface area contributed by atoms with Gasteiger partial charge in [-0.05, 0) is 27.3 Å². The van der Waals surface area contributed by atoms with Gasteiger partial charge in [-0.3, -0.25) is 0 Å². The van der Waals surface area contributed by atoms with Gasteiger partial charge in [0.05, 0.1) is 12.2 Å². The summed E-state index contributed by atoms with van der Waals surface area (Å²) in [5.41, 5.74) is 5.61. The van der Waals surface area contributed by atoms with Crippen molar-refractivity contribution in [2.75, 3.05) is 13.2 Å². The molecule has 0 fully saturated rings. The summed E-state index contributed by atoms with van der Waals surface area (Å²) in [6.45, 7) is 11.8. The minimum absolute atomic E-state index is 0.0492. The van der Waals surface area contributed by atoms with Gasteiger partial charge in [0, 0.05) is 5.41 Å². The summed E-state index contributed by atoms with van der Waals surface area (Å²) < 4.78 is 5.60. The number of rotatable bonds is 3. The first kappa shape index (κ1) is 10.9. The van der Waals surface area contributed by atoms with E-state index in [1.807, 2.05) is 0 Å². The zero-order chi connectivity index (χ0) is 9.12. The lowest BCUT2D eigenvalue weighted by atomic mass is 9.95. The summed E-state index contributed by atoms with van der Waals surface area (Å²) in [6, 6.07) is 0. The largest absolute Gasteiger partial charge is 0.375 e. The summed E-state index contributed by atoms with van der Waals surface area (Å²) in [7, 11) is 0. The van der Waals surface area contributed by atoms with Crippen LogP contribution < -0.4 is 5.73 Å². The highest BCUT2D eigenvalue weighted by Gasteiger charge is 2.19. The molecule has 0 rings (SSSR count). The van der Waals surface area contributed by atoms with Crippen LogP contribution in [0.2, 0.25) is 0 Å². The third-order valence-electron chi connectivity index (χ3n) is 1.45. The molecule has 0 unspecified atom stereocenters. The fourth-order valence-electron chi connectivity index (χ4n) is 0.471. The van der Waals surface area contributed by atoms with E-state index in [1.165, 1.54) is 0 Å².